The molecule has 3 rings (SSSR count). The maximum absolute atomic E-state index is 12.8. The Hall–Kier alpha value is -3.26. The minimum atomic E-state index is -4.38. The van der Waals surface area contributed by atoms with Crippen molar-refractivity contribution in [3.8, 4) is 23.5 Å². The molecule has 1 N–H and O–H groups in total. The average Bonchev–Trinajstić information content (AvgIpc) is 2.65. The smallest absolute Gasteiger partial charge is 0.350 e. The van der Waals surface area contributed by atoms with Crippen LogP contribution >= 0.6 is 0 Å². The van der Waals surface area contributed by atoms with Gasteiger partial charge < -0.3 is 5.32 Å². The van der Waals surface area contributed by atoms with Crippen molar-refractivity contribution < 1.29 is 18.0 Å². The Labute approximate surface area is 161 Å². The molecule has 0 unspecified atom stereocenters. The van der Waals surface area contributed by atoms with Gasteiger partial charge in [-0.2, -0.15) is 13.2 Å². The van der Waals surface area contributed by atoms with Crippen molar-refractivity contribution in [2.24, 2.45) is 0 Å². The quantitative estimate of drug-likeness (QED) is 0.584. The average molecular weight is 381 g/mol. The van der Waals surface area contributed by atoms with Crippen molar-refractivity contribution in [3.05, 3.63) is 71.3 Å². The number of fused-ring (bicyclic) bond motifs is 1. The SMILES string of the molecule is C#Cc1ccc(-c2ccc(C(F)(F)F)cc2)c2ccc(C(=O)NC(C)C)cc12. The predicted molar refractivity (Wildman–Crippen MR) is 105 cm³/mol. The number of nitrogens with one attached hydrogen (secondary N) is 1. The van der Waals surface area contributed by atoms with Gasteiger partial charge >= 0.3 is 6.18 Å². The Kier molecular flexibility index (Phi) is 5.15. The molecule has 1 amide bonds. The Morgan fingerprint density at radius 3 is 2.25 bits per heavy atom. The topological polar surface area (TPSA) is 29.1 Å². The highest BCUT2D eigenvalue weighted by Crippen LogP contribution is 2.34. The largest absolute Gasteiger partial charge is 0.416 e. The Morgan fingerprint density at radius 2 is 1.68 bits per heavy atom. The number of halogens is 3. The number of terminal acetylenes is 1. The molecule has 0 radical (unpaired) electrons. The second-order valence-corrected chi connectivity index (χ2v) is 6.77. The van der Waals surface area contributed by atoms with Crippen LogP contribution in [-0.4, -0.2) is 11.9 Å². The zero-order valence-electron chi connectivity index (χ0n) is 15.4. The summed E-state index contributed by atoms with van der Waals surface area (Å²) in [4.78, 5) is 12.3. The lowest BCUT2D eigenvalue weighted by Gasteiger charge is -2.13. The molecule has 3 aromatic carbocycles. The van der Waals surface area contributed by atoms with E-state index in [4.69, 9.17) is 6.42 Å². The monoisotopic (exact) mass is 381 g/mol. The highest BCUT2D eigenvalue weighted by molar-refractivity contribution is 6.04. The van der Waals surface area contributed by atoms with Gasteiger partial charge in [0.1, 0.15) is 0 Å². The molecule has 0 fully saturated rings. The van der Waals surface area contributed by atoms with Crippen molar-refractivity contribution in [1.82, 2.24) is 5.32 Å². The highest BCUT2D eigenvalue weighted by Gasteiger charge is 2.30. The van der Waals surface area contributed by atoms with Crippen molar-refractivity contribution >= 4 is 16.7 Å². The number of hydrogen-bond acceptors (Lipinski definition) is 1. The number of benzene rings is 3. The number of carbonyl (C=O) groups is 1. The van der Waals surface area contributed by atoms with E-state index in [0.29, 0.717) is 22.1 Å². The van der Waals surface area contributed by atoms with Gasteiger partial charge in [0.15, 0.2) is 0 Å². The van der Waals surface area contributed by atoms with E-state index >= 15 is 0 Å². The summed E-state index contributed by atoms with van der Waals surface area (Å²) in [6.45, 7) is 3.74. The summed E-state index contributed by atoms with van der Waals surface area (Å²) in [5, 5.41) is 4.31. The molecular formula is C23H18F3NO. The van der Waals surface area contributed by atoms with Crippen molar-refractivity contribution in [2.75, 3.05) is 0 Å². The van der Waals surface area contributed by atoms with Gasteiger partial charge in [-0.3, -0.25) is 4.79 Å². The molecule has 0 bridgehead atoms. The van der Waals surface area contributed by atoms with E-state index in [0.717, 1.165) is 23.1 Å². The van der Waals surface area contributed by atoms with Crippen molar-refractivity contribution in [3.63, 3.8) is 0 Å². The number of hydrogen-bond donors (Lipinski definition) is 1. The van der Waals surface area contributed by atoms with Crippen LogP contribution in [0.15, 0.2) is 54.6 Å². The lowest BCUT2D eigenvalue weighted by molar-refractivity contribution is -0.137. The first kappa shape index (κ1) is 19.5. The van der Waals surface area contributed by atoms with Crippen molar-refractivity contribution in [2.45, 2.75) is 26.1 Å². The third-order valence-corrected chi connectivity index (χ3v) is 4.38. The van der Waals surface area contributed by atoms with E-state index < -0.39 is 11.7 Å². The standard InChI is InChI=1S/C23H18F3NO/c1-4-15-7-11-19(16-5-9-18(10-6-16)23(24,25)26)20-12-8-17(13-21(15)20)22(28)27-14(2)3/h1,5-14H,2-3H3,(H,27,28). The van der Waals surface area contributed by atoms with Crippen LogP contribution in [0, 0.1) is 12.3 Å². The van der Waals surface area contributed by atoms with E-state index in [1.54, 1.807) is 30.3 Å². The Balaban J connectivity index is 2.12. The fourth-order valence-electron chi connectivity index (χ4n) is 3.05. The summed E-state index contributed by atoms with van der Waals surface area (Å²) in [6, 6.07) is 13.7. The van der Waals surface area contributed by atoms with Crippen molar-refractivity contribution in [1.29, 1.82) is 0 Å². The maximum Gasteiger partial charge on any atom is 0.416 e. The number of carbonyl (C=O) groups excluding carboxylic acids is 1. The molecule has 0 heterocycles. The molecule has 0 spiro atoms. The van der Waals surface area contributed by atoms with Gasteiger partial charge in [0.25, 0.3) is 5.91 Å². The van der Waals surface area contributed by atoms with Crippen LogP contribution in [0.3, 0.4) is 0 Å². The molecular weight excluding hydrogens is 363 g/mol. The summed E-state index contributed by atoms with van der Waals surface area (Å²) >= 11 is 0. The van der Waals surface area contributed by atoms with Crippen LogP contribution in [-0.2, 0) is 6.18 Å². The molecule has 3 aromatic rings. The van der Waals surface area contributed by atoms with Gasteiger partial charge in [-0.1, -0.05) is 30.2 Å². The maximum atomic E-state index is 12.8. The molecule has 0 aliphatic heterocycles. The molecule has 5 heteroatoms. The van der Waals surface area contributed by atoms with E-state index in [2.05, 4.69) is 11.2 Å². The lowest BCUT2D eigenvalue weighted by atomic mass is 9.93. The molecule has 2 nitrogen and oxygen atoms in total. The van der Waals surface area contributed by atoms with Crippen LogP contribution < -0.4 is 5.32 Å². The van der Waals surface area contributed by atoms with Crippen LogP contribution in [0.2, 0.25) is 0 Å². The van der Waals surface area contributed by atoms with Crippen LogP contribution in [0.1, 0.15) is 35.3 Å². The highest BCUT2D eigenvalue weighted by atomic mass is 19.4. The van der Waals surface area contributed by atoms with E-state index in [-0.39, 0.29) is 11.9 Å². The fourth-order valence-corrected chi connectivity index (χ4v) is 3.05. The van der Waals surface area contributed by atoms with Gasteiger partial charge in [-0.15, -0.1) is 6.42 Å². The molecule has 28 heavy (non-hydrogen) atoms. The van der Waals surface area contributed by atoms with Gasteiger partial charge in [0, 0.05) is 17.2 Å². The van der Waals surface area contributed by atoms with Gasteiger partial charge in [0.2, 0.25) is 0 Å². The second-order valence-electron chi connectivity index (χ2n) is 6.77. The molecule has 0 saturated heterocycles. The molecule has 0 aliphatic rings. The summed E-state index contributed by atoms with van der Waals surface area (Å²) in [5.41, 5.74) is 1.78. The van der Waals surface area contributed by atoms with Crippen LogP contribution in [0.25, 0.3) is 21.9 Å². The Morgan fingerprint density at radius 1 is 1.00 bits per heavy atom. The third-order valence-electron chi connectivity index (χ3n) is 4.38. The first-order chi connectivity index (χ1) is 13.2. The Bertz CT molecular complexity index is 1070. The molecule has 0 aliphatic carbocycles. The van der Waals surface area contributed by atoms with Gasteiger partial charge in [0.05, 0.1) is 5.56 Å². The first-order valence-corrected chi connectivity index (χ1v) is 8.72. The lowest BCUT2D eigenvalue weighted by Crippen LogP contribution is -2.30. The molecule has 0 aromatic heterocycles. The van der Waals surface area contributed by atoms with Crippen LogP contribution in [0.5, 0.6) is 0 Å². The summed E-state index contributed by atoms with van der Waals surface area (Å²) in [7, 11) is 0. The van der Waals surface area contributed by atoms with E-state index in [1.807, 2.05) is 13.8 Å². The molecule has 142 valence electrons. The normalized spacial score (nSPS) is 11.5. The van der Waals surface area contributed by atoms with E-state index in [1.165, 1.54) is 12.1 Å². The van der Waals surface area contributed by atoms with Gasteiger partial charge in [-0.05, 0) is 66.1 Å². The summed E-state index contributed by atoms with van der Waals surface area (Å²) < 4.78 is 38.5. The number of amides is 1. The number of alkyl halides is 3. The first-order valence-electron chi connectivity index (χ1n) is 8.72. The molecule has 0 atom stereocenters. The van der Waals surface area contributed by atoms with Crippen LogP contribution in [0.4, 0.5) is 13.2 Å². The second kappa shape index (κ2) is 7.40. The van der Waals surface area contributed by atoms with Gasteiger partial charge in [-0.25, -0.2) is 0 Å². The minimum absolute atomic E-state index is 0.00576. The van der Waals surface area contributed by atoms with E-state index in [9.17, 15) is 18.0 Å². The minimum Gasteiger partial charge on any atom is -0.350 e. The summed E-state index contributed by atoms with van der Waals surface area (Å²) in [5.74, 6) is 2.40. The number of rotatable bonds is 3. The zero-order chi connectivity index (χ0) is 20.5. The predicted octanol–water partition coefficient (Wildman–Crippen LogP) is 5.65. The fraction of sp³-hybridized carbons (Fsp3) is 0.174. The molecule has 0 saturated carbocycles. The third kappa shape index (κ3) is 3.86. The summed E-state index contributed by atoms with van der Waals surface area (Å²) in [6.07, 6.45) is 1.22. The zero-order valence-corrected chi connectivity index (χ0v) is 15.4.